The molecule has 0 aliphatic carbocycles. The molecule has 6 nitrogen and oxygen atoms in total. The number of para-hydroxylation sites is 1. The minimum Gasteiger partial charge on any atom is -0.478 e. The average Bonchev–Trinajstić information content (AvgIpc) is 2.94. The number of carbonyl (C=O) groups is 1. The summed E-state index contributed by atoms with van der Waals surface area (Å²) in [4.78, 5) is 31.1. The second kappa shape index (κ2) is 4.61. The van der Waals surface area contributed by atoms with Crippen LogP contribution >= 0.6 is 11.3 Å². The first-order valence-corrected chi connectivity index (χ1v) is 6.79. The molecule has 2 aromatic heterocycles. The zero-order valence-corrected chi connectivity index (χ0v) is 11.4. The summed E-state index contributed by atoms with van der Waals surface area (Å²) in [6, 6.07) is 4.80. The van der Waals surface area contributed by atoms with Gasteiger partial charge in [0, 0.05) is 4.88 Å². The molecular weight excluding hydrogens is 278 g/mol. The first-order valence-electron chi connectivity index (χ1n) is 5.91. The molecule has 0 fully saturated rings. The van der Waals surface area contributed by atoms with Crippen molar-refractivity contribution in [3.05, 3.63) is 50.3 Å². The van der Waals surface area contributed by atoms with Crippen molar-refractivity contribution in [2.45, 2.75) is 13.5 Å². The van der Waals surface area contributed by atoms with E-state index in [4.69, 9.17) is 0 Å². The second-order valence-electron chi connectivity index (χ2n) is 4.38. The van der Waals surface area contributed by atoms with E-state index in [1.54, 1.807) is 17.6 Å². The number of nitrogens with zero attached hydrogens (tertiary/aromatic N) is 2. The molecule has 3 aromatic rings. The zero-order chi connectivity index (χ0) is 14.3. The molecular formula is C13H11N3O3S. The van der Waals surface area contributed by atoms with E-state index in [2.05, 4.69) is 9.97 Å². The minimum atomic E-state index is -1.05. The smallest absolute Gasteiger partial charge is 0.337 e. The molecule has 0 aliphatic heterocycles. The highest BCUT2D eigenvalue weighted by atomic mass is 32.1. The van der Waals surface area contributed by atoms with Gasteiger partial charge in [-0.15, -0.1) is 11.3 Å². The number of carboxylic acid groups (broad SMARTS) is 1. The number of aromatic amines is 1. The highest BCUT2D eigenvalue weighted by Crippen LogP contribution is 2.19. The van der Waals surface area contributed by atoms with Gasteiger partial charge in [-0.05, 0) is 19.1 Å². The first kappa shape index (κ1) is 12.6. The van der Waals surface area contributed by atoms with Gasteiger partial charge in [0.25, 0.3) is 0 Å². The van der Waals surface area contributed by atoms with Gasteiger partial charge in [0.2, 0.25) is 0 Å². The molecule has 0 saturated carbocycles. The summed E-state index contributed by atoms with van der Waals surface area (Å²) >= 11 is 1.45. The van der Waals surface area contributed by atoms with E-state index in [1.165, 1.54) is 22.0 Å². The van der Waals surface area contributed by atoms with E-state index in [9.17, 15) is 14.7 Å². The number of thiazole rings is 1. The maximum Gasteiger partial charge on any atom is 0.337 e. The van der Waals surface area contributed by atoms with Crippen LogP contribution in [-0.2, 0) is 6.54 Å². The number of nitrogens with one attached hydrogen (secondary N) is 1. The van der Waals surface area contributed by atoms with Crippen molar-refractivity contribution in [1.82, 2.24) is 14.5 Å². The maximum atomic E-state index is 12.0. The summed E-state index contributed by atoms with van der Waals surface area (Å²) < 4.78 is 1.44. The number of aromatic carboxylic acids is 1. The quantitative estimate of drug-likeness (QED) is 0.770. The lowest BCUT2D eigenvalue weighted by Gasteiger charge is -2.04. The fourth-order valence-corrected chi connectivity index (χ4v) is 2.93. The Labute approximate surface area is 117 Å². The summed E-state index contributed by atoms with van der Waals surface area (Å²) in [5.41, 5.74) is 3.30. The number of hydrogen-bond donors (Lipinski definition) is 2. The van der Waals surface area contributed by atoms with Crippen molar-refractivity contribution < 1.29 is 9.90 Å². The molecule has 102 valence electrons. The van der Waals surface area contributed by atoms with Crippen LogP contribution in [0.2, 0.25) is 0 Å². The summed E-state index contributed by atoms with van der Waals surface area (Å²) in [7, 11) is 0. The molecule has 2 heterocycles. The molecule has 1 aromatic carbocycles. The predicted molar refractivity (Wildman–Crippen MR) is 75.5 cm³/mol. The molecule has 0 unspecified atom stereocenters. The van der Waals surface area contributed by atoms with E-state index in [1.807, 2.05) is 6.92 Å². The summed E-state index contributed by atoms with van der Waals surface area (Å²) in [6.07, 6.45) is 0. The molecule has 0 radical (unpaired) electrons. The zero-order valence-electron chi connectivity index (χ0n) is 10.6. The molecule has 2 N–H and O–H groups in total. The van der Waals surface area contributed by atoms with E-state index >= 15 is 0 Å². The summed E-state index contributed by atoms with van der Waals surface area (Å²) in [5, 5.41) is 9.26. The summed E-state index contributed by atoms with van der Waals surface area (Å²) in [6.45, 7) is 2.18. The van der Waals surface area contributed by atoms with Crippen LogP contribution in [-0.4, -0.2) is 25.6 Å². The summed E-state index contributed by atoms with van der Waals surface area (Å²) in [5.74, 6) is -1.05. The van der Waals surface area contributed by atoms with Crippen molar-refractivity contribution in [2.24, 2.45) is 0 Å². The van der Waals surface area contributed by atoms with Gasteiger partial charge in [0.05, 0.1) is 34.3 Å². The molecule has 0 amide bonds. The van der Waals surface area contributed by atoms with Crippen molar-refractivity contribution in [2.75, 3.05) is 0 Å². The van der Waals surface area contributed by atoms with Crippen LogP contribution in [0.4, 0.5) is 0 Å². The van der Waals surface area contributed by atoms with E-state index in [0.717, 1.165) is 10.6 Å². The van der Waals surface area contributed by atoms with Crippen molar-refractivity contribution in [3.63, 3.8) is 0 Å². The van der Waals surface area contributed by atoms with Gasteiger partial charge < -0.3 is 10.1 Å². The lowest BCUT2D eigenvalue weighted by Crippen LogP contribution is -2.18. The Morgan fingerprint density at radius 3 is 2.95 bits per heavy atom. The molecule has 3 rings (SSSR count). The molecule has 0 aliphatic rings. The largest absolute Gasteiger partial charge is 0.478 e. The monoisotopic (exact) mass is 289 g/mol. The van der Waals surface area contributed by atoms with Gasteiger partial charge in [-0.2, -0.15) is 0 Å². The van der Waals surface area contributed by atoms with Crippen molar-refractivity contribution >= 4 is 28.3 Å². The maximum absolute atomic E-state index is 12.0. The first-order chi connectivity index (χ1) is 9.58. The number of benzene rings is 1. The van der Waals surface area contributed by atoms with Gasteiger partial charge in [0.15, 0.2) is 0 Å². The van der Waals surface area contributed by atoms with Gasteiger partial charge in [0.1, 0.15) is 0 Å². The van der Waals surface area contributed by atoms with Crippen LogP contribution in [0.3, 0.4) is 0 Å². The third-order valence-corrected chi connectivity index (χ3v) is 4.09. The number of carboxylic acids is 1. The van der Waals surface area contributed by atoms with Crippen LogP contribution in [0.15, 0.2) is 28.5 Å². The fourth-order valence-electron chi connectivity index (χ4n) is 2.16. The van der Waals surface area contributed by atoms with Gasteiger partial charge in [-0.25, -0.2) is 14.6 Å². The Hall–Kier alpha value is -2.41. The Bertz CT molecular complexity index is 859. The molecule has 0 spiro atoms. The Kier molecular flexibility index (Phi) is 2.90. The number of H-pyrrole nitrogens is 1. The lowest BCUT2D eigenvalue weighted by molar-refractivity contribution is 0.0698. The number of hydrogen-bond acceptors (Lipinski definition) is 4. The van der Waals surface area contributed by atoms with Gasteiger partial charge >= 0.3 is 11.7 Å². The van der Waals surface area contributed by atoms with Crippen molar-refractivity contribution in [3.8, 4) is 0 Å². The van der Waals surface area contributed by atoms with Gasteiger partial charge in [-0.1, -0.05) is 6.07 Å². The van der Waals surface area contributed by atoms with E-state index < -0.39 is 5.97 Å². The number of aryl methyl sites for hydroxylation is 1. The predicted octanol–water partition coefficient (Wildman–Crippen LogP) is 1.84. The van der Waals surface area contributed by atoms with E-state index in [-0.39, 0.29) is 11.3 Å². The SMILES string of the molecule is Cc1ncsc1Cn1c(=O)[nH]c2cccc(C(=O)O)c21. The Morgan fingerprint density at radius 2 is 2.30 bits per heavy atom. The molecule has 7 heteroatoms. The van der Waals surface area contributed by atoms with Crippen LogP contribution < -0.4 is 5.69 Å². The fraction of sp³-hybridized carbons (Fsp3) is 0.154. The topological polar surface area (TPSA) is 88.0 Å². The average molecular weight is 289 g/mol. The third kappa shape index (κ3) is 1.92. The third-order valence-electron chi connectivity index (χ3n) is 3.17. The van der Waals surface area contributed by atoms with E-state index in [0.29, 0.717) is 17.6 Å². The van der Waals surface area contributed by atoms with Crippen LogP contribution in [0.25, 0.3) is 11.0 Å². The number of aromatic nitrogens is 3. The second-order valence-corrected chi connectivity index (χ2v) is 5.32. The number of rotatable bonds is 3. The molecule has 0 atom stereocenters. The number of imidazole rings is 1. The Morgan fingerprint density at radius 1 is 1.50 bits per heavy atom. The van der Waals surface area contributed by atoms with Crippen molar-refractivity contribution in [1.29, 1.82) is 0 Å². The highest BCUT2D eigenvalue weighted by molar-refractivity contribution is 7.09. The van der Waals surface area contributed by atoms with Gasteiger partial charge in [-0.3, -0.25) is 4.57 Å². The molecule has 0 saturated heterocycles. The number of fused-ring (bicyclic) bond motifs is 1. The van der Waals surface area contributed by atoms with Crippen LogP contribution in [0, 0.1) is 6.92 Å². The van der Waals surface area contributed by atoms with Crippen LogP contribution in [0.1, 0.15) is 20.9 Å². The standard InChI is InChI=1S/C13H11N3O3S/c1-7-10(20-6-14-7)5-16-11-8(12(17)18)3-2-4-9(11)15-13(16)19/h2-4,6H,5H2,1H3,(H,15,19)(H,17,18). The molecule has 0 bridgehead atoms. The highest BCUT2D eigenvalue weighted by Gasteiger charge is 2.16. The van der Waals surface area contributed by atoms with Crippen LogP contribution in [0.5, 0.6) is 0 Å². The Balaban J connectivity index is 2.24. The minimum absolute atomic E-state index is 0.114. The molecule has 20 heavy (non-hydrogen) atoms. The lowest BCUT2D eigenvalue weighted by atomic mass is 10.2. The normalized spacial score (nSPS) is 11.1.